The summed E-state index contributed by atoms with van der Waals surface area (Å²) >= 11 is 0. The zero-order valence-electron chi connectivity index (χ0n) is 15.3. The monoisotopic (exact) mass is 349 g/mol. The molecule has 1 aliphatic rings. The van der Waals surface area contributed by atoms with Crippen molar-refractivity contribution in [1.82, 2.24) is 5.32 Å². The van der Waals surface area contributed by atoms with Crippen LogP contribution in [0.3, 0.4) is 0 Å². The van der Waals surface area contributed by atoms with Crippen LogP contribution in [-0.4, -0.2) is 48.4 Å². The maximum absolute atomic E-state index is 11.9. The minimum Gasteiger partial charge on any atom is -0.444 e. The largest absolute Gasteiger partial charge is 0.444 e. The van der Waals surface area contributed by atoms with Crippen molar-refractivity contribution in [3.05, 3.63) is 23.8 Å². The average Bonchev–Trinajstić information content (AvgIpc) is 2.83. The molecule has 1 aromatic carbocycles. The van der Waals surface area contributed by atoms with Gasteiger partial charge in [-0.05, 0) is 51.5 Å². The Labute approximate surface area is 148 Å². The van der Waals surface area contributed by atoms with Gasteiger partial charge in [-0.15, -0.1) is 0 Å². The molecule has 0 aliphatic carbocycles. The molecule has 25 heavy (non-hydrogen) atoms. The second-order valence-corrected chi connectivity index (χ2v) is 7.08. The summed E-state index contributed by atoms with van der Waals surface area (Å²) in [6.45, 7) is 8.32. The maximum atomic E-state index is 11.9. The Kier molecular flexibility index (Phi) is 5.89. The summed E-state index contributed by atoms with van der Waals surface area (Å²) in [5.74, 6) is 0.108. The van der Waals surface area contributed by atoms with Gasteiger partial charge in [-0.1, -0.05) is 0 Å². The van der Waals surface area contributed by atoms with E-state index in [1.807, 2.05) is 25.1 Å². The third-order valence-electron chi connectivity index (χ3n) is 3.75. The number of alkyl carbamates (subject to hydrolysis) is 1. The van der Waals surface area contributed by atoms with E-state index in [2.05, 4.69) is 10.6 Å². The Hall–Kier alpha value is -2.28. The highest BCUT2D eigenvalue weighted by molar-refractivity contribution is 6.01. The van der Waals surface area contributed by atoms with Crippen LogP contribution in [0.5, 0.6) is 0 Å². The fraction of sp³-hybridized carbons (Fsp3) is 0.556. The van der Waals surface area contributed by atoms with E-state index in [1.54, 1.807) is 25.7 Å². The molecule has 1 heterocycles. The molecule has 0 saturated carbocycles. The first-order chi connectivity index (χ1) is 11.7. The van der Waals surface area contributed by atoms with Crippen LogP contribution in [0.2, 0.25) is 0 Å². The van der Waals surface area contributed by atoms with Gasteiger partial charge in [0, 0.05) is 31.0 Å². The molecular formula is C18H27N3O4. The highest BCUT2D eigenvalue weighted by Gasteiger charge is 2.25. The molecule has 0 bridgehead atoms. The van der Waals surface area contributed by atoms with E-state index in [1.165, 1.54) is 0 Å². The van der Waals surface area contributed by atoms with Crippen molar-refractivity contribution in [2.75, 3.05) is 29.9 Å². The number of fused-ring (bicyclic) bond motifs is 1. The molecule has 2 amide bonds. The molecule has 3 N–H and O–H groups in total. The molecule has 0 fully saturated rings. The van der Waals surface area contributed by atoms with Crippen molar-refractivity contribution in [3.8, 4) is 0 Å². The predicted octanol–water partition coefficient (Wildman–Crippen LogP) is 1.89. The third kappa shape index (κ3) is 5.35. The Morgan fingerprint density at radius 1 is 1.36 bits per heavy atom. The van der Waals surface area contributed by atoms with Crippen molar-refractivity contribution in [3.63, 3.8) is 0 Å². The number of likely N-dealkylation sites (N-methyl/N-ethyl adjacent to an activating group) is 1. The van der Waals surface area contributed by atoms with E-state index in [0.717, 1.165) is 16.9 Å². The fourth-order valence-corrected chi connectivity index (χ4v) is 2.66. The SMILES string of the molecule is CCN1C(=O)Cc2cc(NC[C@H](O)CNC(=O)OC(C)(C)C)ccc21. The summed E-state index contributed by atoms with van der Waals surface area (Å²) in [6, 6.07) is 5.72. The van der Waals surface area contributed by atoms with Crippen LogP contribution in [-0.2, 0) is 16.0 Å². The third-order valence-corrected chi connectivity index (χ3v) is 3.75. The number of hydrogen-bond donors (Lipinski definition) is 3. The molecular weight excluding hydrogens is 322 g/mol. The first kappa shape index (κ1) is 19.1. The van der Waals surface area contributed by atoms with Crippen LogP contribution in [0.15, 0.2) is 18.2 Å². The number of ether oxygens (including phenoxy) is 1. The summed E-state index contributed by atoms with van der Waals surface area (Å²) in [4.78, 5) is 25.2. The smallest absolute Gasteiger partial charge is 0.407 e. The molecule has 0 unspecified atom stereocenters. The molecule has 1 atom stereocenters. The second-order valence-electron chi connectivity index (χ2n) is 7.08. The van der Waals surface area contributed by atoms with E-state index in [4.69, 9.17) is 4.74 Å². The summed E-state index contributed by atoms with van der Waals surface area (Å²) < 4.78 is 5.11. The van der Waals surface area contributed by atoms with Gasteiger partial charge in [0.1, 0.15) is 5.60 Å². The first-order valence-corrected chi connectivity index (χ1v) is 8.51. The molecule has 138 valence electrons. The lowest BCUT2D eigenvalue weighted by atomic mass is 10.1. The number of benzene rings is 1. The topological polar surface area (TPSA) is 90.9 Å². The van der Waals surface area contributed by atoms with Crippen LogP contribution < -0.4 is 15.5 Å². The minimum absolute atomic E-state index is 0.0922. The summed E-state index contributed by atoms with van der Waals surface area (Å²) in [5.41, 5.74) is 2.20. The Bertz CT molecular complexity index is 640. The van der Waals surface area contributed by atoms with Gasteiger partial charge in [0.2, 0.25) is 5.91 Å². The molecule has 0 spiro atoms. The summed E-state index contributed by atoms with van der Waals surface area (Å²) in [5, 5.41) is 15.6. The molecule has 7 heteroatoms. The van der Waals surface area contributed by atoms with Gasteiger partial charge in [0.15, 0.2) is 0 Å². The van der Waals surface area contributed by atoms with E-state index in [-0.39, 0.29) is 19.0 Å². The van der Waals surface area contributed by atoms with Crippen molar-refractivity contribution in [1.29, 1.82) is 0 Å². The van der Waals surface area contributed by atoms with Gasteiger partial charge in [-0.25, -0.2) is 4.79 Å². The van der Waals surface area contributed by atoms with E-state index >= 15 is 0 Å². The zero-order chi connectivity index (χ0) is 18.6. The van der Waals surface area contributed by atoms with E-state index in [0.29, 0.717) is 13.0 Å². The van der Waals surface area contributed by atoms with Gasteiger partial charge >= 0.3 is 6.09 Å². The van der Waals surface area contributed by atoms with Gasteiger partial charge in [0.05, 0.1) is 12.5 Å². The Balaban J connectivity index is 1.81. The number of anilines is 2. The predicted molar refractivity (Wildman–Crippen MR) is 96.9 cm³/mol. The summed E-state index contributed by atoms with van der Waals surface area (Å²) in [6.07, 6.45) is -0.904. The number of amides is 2. The van der Waals surface area contributed by atoms with Crippen LogP contribution in [0.1, 0.15) is 33.3 Å². The normalized spacial score (nSPS) is 14.9. The zero-order valence-corrected chi connectivity index (χ0v) is 15.3. The molecule has 7 nitrogen and oxygen atoms in total. The first-order valence-electron chi connectivity index (χ1n) is 8.51. The fourth-order valence-electron chi connectivity index (χ4n) is 2.66. The standard InChI is InChI=1S/C18H27N3O4/c1-5-21-15-7-6-13(8-12(15)9-16(21)23)19-10-14(22)11-20-17(24)25-18(2,3)4/h6-8,14,19,22H,5,9-11H2,1-4H3,(H,20,24)/t14-/m0/s1. The average molecular weight is 349 g/mol. The van der Waals surface area contributed by atoms with Gasteiger partial charge < -0.3 is 25.4 Å². The number of nitrogens with one attached hydrogen (secondary N) is 2. The number of aliphatic hydroxyl groups is 1. The van der Waals surface area contributed by atoms with Gasteiger partial charge in [-0.2, -0.15) is 0 Å². The molecule has 1 aromatic rings. The van der Waals surface area contributed by atoms with Crippen molar-refractivity contribution >= 4 is 23.4 Å². The van der Waals surface area contributed by atoms with E-state index < -0.39 is 17.8 Å². The number of aliphatic hydroxyl groups excluding tert-OH is 1. The molecule has 2 rings (SSSR count). The highest BCUT2D eigenvalue weighted by atomic mass is 16.6. The molecule has 1 aliphatic heterocycles. The number of carbonyl (C=O) groups is 2. The van der Waals surface area contributed by atoms with Crippen molar-refractivity contribution < 1.29 is 19.4 Å². The van der Waals surface area contributed by atoms with E-state index in [9.17, 15) is 14.7 Å². The quantitative estimate of drug-likeness (QED) is 0.730. The van der Waals surface area contributed by atoms with Crippen LogP contribution >= 0.6 is 0 Å². The van der Waals surface area contributed by atoms with Crippen molar-refractivity contribution in [2.45, 2.75) is 45.8 Å². The van der Waals surface area contributed by atoms with Crippen LogP contribution in [0.25, 0.3) is 0 Å². The number of nitrogens with zero attached hydrogens (tertiary/aromatic N) is 1. The lowest BCUT2D eigenvalue weighted by molar-refractivity contribution is -0.117. The van der Waals surface area contributed by atoms with Crippen molar-refractivity contribution in [2.24, 2.45) is 0 Å². The number of carbonyl (C=O) groups excluding carboxylic acids is 2. The Morgan fingerprint density at radius 3 is 2.72 bits per heavy atom. The maximum Gasteiger partial charge on any atom is 0.407 e. The molecule has 0 radical (unpaired) electrons. The number of rotatable bonds is 6. The van der Waals surface area contributed by atoms with Gasteiger partial charge in [0.25, 0.3) is 0 Å². The Morgan fingerprint density at radius 2 is 2.08 bits per heavy atom. The van der Waals surface area contributed by atoms with Crippen LogP contribution in [0.4, 0.5) is 16.2 Å². The van der Waals surface area contributed by atoms with Gasteiger partial charge in [-0.3, -0.25) is 4.79 Å². The lowest BCUT2D eigenvalue weighted by Gasteiger charge is -2.21. The van der Waals surface area contributed by atoms with Crippen LogP contribution in [0, 0.1) is 0 Å². The second kappa shape index (κ2) is 7.74. The minimum atomic E-state index is -0.755. The molecule has 0 aromatic heterocycles. The number of hydrogen-bond acceptors (Lipinski definition) is 5. The lowest BCUT2D eigenvalue weighted by Crippen LogP contribution is -2.39. The highest BCUT2D eigenvalue weighted by Crippen LogP contribution is 2.30. The summed E-state index contributed by atoms with van der Waals surface area (Å²) in [7, 11) is 0. The molecule has 0 saturated heterocycles.